The Morgan fingerprint density at radius 1 is 1.24 bits per heavy atom. The molecule has 1 N–H and O–H groups in total. The van der Waals surface area contributed by atoms with Crippen LogP contribution in [0.15, 0.2) is 46.1 Å². The first-order chi connectivity index (χ1) is 12.0. The van der Waals surface area contributed by atoms with E-state index in [0.29, 0.717) is 22.3 Å². The van der Waals surface area contributed by atoms with Crippen molar-refractivity contribution in [3.63, 3.8) is 0 Å². The van der Waals surface area contributed by atoms with Crippen LogP contribution in [0.25, 0.3) is 11.5 Å². The number of pyridine rings is 1. The Labute approximate surface area is 145 Å². The number of amides is 1. The second-order valence-corrected chi connectivity index (χ2v) is 6.02. The molecule has 0 saturated carbocycles. The van der Waals surface area contributed by atoms with E-state index in [2.05, 4.69) is 20.4 Å². The van der Waals surface area contributed by atoms with Gasteiger partial charge in [-0.25, -0.2) is 13.8 Å². The van der Waals surface area contributed by atoms with Crippen LogP contribution in [0.5, 0.6) is 0 Å². The highest BCUT2D eigenvalue weighted by Gasteiger charge is 2.10. The second-order valence-electron chi connectivity index (χ2n) is 5.02. The average Bonchev–Trinajstić information content (AvgIpc) is 2.99. The van der Waals surface area contributed by atoms with E-state index in [9.17, 15) is 13.6 Å². The summed E-state index contributed by atoms with van der Waals surface area (Å²) in [6.07, 6.45) is 1.57. The first-order valence-electron chi connectivity index (χ1n) is 7.15. The van der Waals surface area contributed by atoms with Gasteiger partial charge in [-0.05, 0) is 31.2 Å². The Balaban J connectivity index is 1.62. The van der Waals surface area contributed by atoms with Crippen molar-refractivity contribution in [1.82, 2.24) is 15.1 Å². The minimum absolute atomic E-state index is 0.0252. The van der Waals surface area contributed by atoms with Gasteiger partial charge in [-0.3, -0.25) is 4.79 Å². The van der Waals surface area contributed by atoms with E-state index in [4.69, 9.17) is 4.52 Å². The first kappa shape index (κ1) is 17.0. The summed E-state index contributed by atoms with van der Waals surface area (Å²) >= 11 is 1.17. The maximum Gasteiger partial charge on any atom is 0.258 e. The predicted molar refractivity (Wildman–Crippen MR) is 88.0 cm³/mol. The van der Waals surface area contributed by atoms with Gasteiger partial charge >= 0.3 is 0 Å². The third-order valence-corrected chi connectivity index (χ3v) is 3.93. The standard InChI is InChI=1S/C16H12F2N4O2S/c1-9-20-16(24-22-9)10-2-3-19-15(4-10)25-8-14(23)21-13-6-11(17)5-12(18)7-13/h2-7H,8H2,1H3,(H,21,23). The summed E-state index contributed by atoms with van der Waals surface area (Å²) in [6, 6.07) is 6.25. The highest BCUT2D eigenvalue weighted by Crippen LogP contribution is 2.23. The second kappa shape index (κ2) is 7.39. The van der Waals surface area contributed by atoms with Gasteiger partial charge in [-0.15, -0.1) is 0 Å². The molecule has 0 spiro atoms. The molecule has 0 atom stereocenters. The SMILES string of the molecule is Cc1noc(-c2ccnc(SCC(=O)Nc3cc(F)cc(F)c3)c2)n1. The van der Waals surface area contributed by atoms with Crippen molar-refractivity contribution < 1.29 is 18.1 Å². The molecule has 0 fully saturated rings. The van der Waals surface area contributed by atoms with Gasteiger partial charge in [-0.1, -0.05) is 16.9 Å². The quantitative estimate of drug-likeness (QED) is 0.700. The van der Waals surface area contributed by atoms with Gasteiger partial charge < -0.3 is 9.84 Å². The molecule has 1 amide bonds. The number of rotatable bonds is 5. The van der Waals surface area contributed by atoms with E-state index >= 15 is 0 Å². The summed E-state index contributed by atoms with van der Waals surface area (Å²) in [5.41, 5.74) is 0.747. The monoisotopic (exact) mass is 362 g/mol. The number of hydrogen-bond acceptors (Lipinski definition) is 6. The first-order valence-corrected chi connectivity index (χ1v) is 8.13. The Kier molecular flexibility index (Phi) is 5.03. The predicted octanol–water partition coefficient (Wildman–Crippen LogP) is 3.45. The number of aromatic nitrogens is 3. The fourth-order valence-electron chi connectivity index (χ4n) is 2.00. The van der Waals surface area contributed by atoms with Gasteiger partial charge in [-0.2, -0.15) is 4.98 Å². The van der Waals surface area contributed by atoms with Crippen LogP contribution in [0.2, 0.25) is 0 Å². The molecule has 9 heteroatoms. The van der Waals surface area contributed by atoms with Crippen LogP contribution in [0, 0.1) is 18.6 Å². The summed E-state index contributed by atoms with van der Waals surface area (Å²) in [6.45, 7) is 1.71. The number of nitrogens with one attached hydrogen (secondary N) is 1. The molecule has 128 valence electrons. The minimum Gasteiger partial charge on any atom is -0.334 e. The molecule has 0 aliphatic carbocycles. The fraction of sp³-hybridized carbons (Fsp3) is 0.125. The van der Waals surface area contributed by atoms with E-state index in [1.165, 1.54) is 11.8 Å². The number of thioether (sulfide) groups is 1. The number of carbonyl (C=O) groups excluding carboxylic acids is 1. The molecular formula is C16H12F2N4O2S. The van der Waals surface area contributed by atoms with Crippen LogP contribution in [0.4, 0.5) is 14.5 Å². The van der Waals surface area contributed by atoms with Crippen molar-refractivity contribution in [2.45, 2.75) is 11.9 Å². The summed E-state index contributed by atoms with van der Waals surface area (Å²) in [4.78, 5) is 20.2. The van der Waals surface area contributed by atoms with E-state index < -0.39 is 17.5 Å². The zero-order valence-electron chi connectivity index (χ0n) is 13.0. The van der Waals surface area contributed by atoms with Crippen molar-refractivity contribution in [2.24, 2.45) is 0 Å². The molecule has 0 saturated heterocycles. The number of hydrogen-bond donors (Lipinski definition) is 1. The van der Waals surface area contributed by atoms with Crippen molar-refractivity contribution in [1.29, 1.82) is 0 Å². The highest BCUT2D eigenvalue weighted by molar-refractivity contribution is 7.99. The summed E-state index contributed by atoms with van der Waals surface area (Å²) in [7, 11) is 0. The lowest BCUT2D eigenvalue weighted by atomic mass is 10.3. The van der Waals surface area contributed by atoms with Crippen molar-refractivity contribution >= 4 is 23.4 Å². The number of nitrogens with zero attached hydrogens (tertiary/aromatic N) is 3. The lowest BCUT2D eigenvalue weighted by Crippen LogP contribution is -2.14. The Hall–Kier alpha value is -2.81. The largest absolute Gasteiger partial charge is 0.334 e. The molecule has 0 aliphatic heterocycles. The van der Waals surface area contributed by atoms with E-state index in [1.807, 2.05) is 0 Å². The van der Waals surface area contributed by atoms with Crippen LogP contribution in [0.3, 0.4) is 0 Å². The Bertz CT molecular complexity index is 896. The maximum absolute atomic E-state index is 13.1. The Morgan fingerprint density at radius 2 is 2.00 bits per heavy atom. The van der Waals surface area contributed by atoms with Gasteiger partial charge in [0.1, 0.15) is 11.6 Å². The molecule has 25 heavy (non-hydrogen) atoms. The summed E-state index contributed by atoms with van der Waals surface area (Å²) in [5.74, 6) is -1.02. The van der Waals surface area contributed by atoms with E-state index in [0.717, 1.165) is 18.2 Å². The number of anilines is 1. The van der Waals surface area contributed by atoms with Gasteiger partial charge in [0.15, 0.2) is 5.82 Å². The lowest BCUT2D eigenvalue weighted by Gasteiger charge is -2.06. The van der Waals surface area contributed by atoms with Crippen LogP contribution in [-0.2, 0) is 4.79 Å². The third-order valence-electron chi connectivity index (χ3n) is 3.01. The molecule has 2 heterocycles. The van der Waals surface area contributed by atoms with Gasteiger partial charge in [0.2, 0.25) is 5.91 Å². The summed E-state index contributed by atoms with van der Waals surface area (Å²) < 4.78 is 31.3. The van der Waals surface area contributed by atoms with Crippen LogP contribution >= 0.6 is 11.8 Å². The molecule has 6 nitrogen and oxygen atoms in total. The molecule has 1 aromatic carbocycles. The molecule has 3 rings (SSSR count). The number of aryl methyl sites for hydroxylation is 1. The zero-order chi connectivity index (χ0) is 17.8. The molecule has 0 unspecified atom stereocenters. The molecule has 0 bridgehead atoms. The van der Waals surface area contributed by atoms with Gasteiger partial charge in [0.05, 0.1) is 10.8 Å². The lowest BCUT2D eigenvalue weighted by molar-refractivity contribution is -0.113. The van der Waals surface area contributed by atoms with Gasteiger partial charge in [0.25, 0.3) is 5.89 Å². The molecule has 0 aliphatic rings. The maximum atomic E-state index is 13.1. The van der Waals surface area contributed by atoms with Crippen LogP contribution < -0.4 is 5.32 Å². The van der Waals surface area contributed by atoms with Crippen molar-refractivity contribution in [3.8, 4) is 11.5 Å². The Morgan fingerprint density at radius 3 is 2.68 bits per heavy atom. The minimum atomic E-state index is -0.757. The average molecular weight is 362 g/mol. The smallest absolute Gasteiger partial charge is 0.258 e. The van der Waals surface area contributed by atoms with Crippen LogP contribution in [-0.4, -0.2) is 26.8 Å². The zero-order valence-corrected chi connectivity index (χ0v) is 13.8. The highest BCUT2D eigenvalue weighted by atomic mass is 32.2. The normalized spacial score (nSPS) is 10.7. The van der Waals surface area contributed by atoms with Gasteiger partial charge in [0, 0.05) is 23.5 Å². The molecule has 0 radical (unpaired) electrons. The molecule has 2 aromatic heterocycles. The number of carbonyl (C=O) groups is 1. The fourth-order valence-corrected chi connectivity index (χ4v) is 2.70. The van der Waals surface area contributed by atoms with E-state index in [1.54, 1.807) is 25.3 Å². The topological polar surface area (TPSA) is 80.9 Å². The number of halogens is 2. The third kappa shape index (κ3) is 4.60. The summed E-state index contributed by atoms with van der Waals surface area (Å²) in [5, 5.41) is 6.73. The number of benzene rings is 1. The molecular weight excluding hydrogens is 350 g/mol. The van der Waals surface area contributed by atoms with Crippen molar-refractivity contribution in [2.75, 3.05) is 11.1 Å². The van der Waals surface area contributed by atoms with E-state index in [-0.39, 0.29) is 11.4 Å². The molecule has 3 aromatic rings. The van der Waals surface area contributed by atoms with Crippen molar-refractivity contribution in [3.05, 3.63) is 54.0 Å². The van der Waals surface area contributed by atoms with Crippen LogP contribution in [0.1, 0.15) is 5.82 Å².